The first-order chi connectivity index (χ1) is 15.7. The standard InChI is InChI=1S/C23H19N3O7/c1-12-10-15(6-9-17(12)32-3)21(27)19-20(14-4-7-16(8-5-14)26(30)31)25(23(29)22(19)28)18-11-13(2)33-24-18/h4-11,20,27H,1-3H3/b21-19-. The van der Waals surface area contributed by atoms with Gasteiger partial charge in [0.2, 0.25) is 0 Å². The predicted molar refractivity (Wildman–Crippen MR) is 117 cm³/mol. The van der Waals surface area contributed by atoms with E-state index >= 15 is 0 Å². The number of methoxy groups -OCH3 is 1. The third-order valence-corrected chi connectivity index (χ3v) is 5.39. The molecule has 0 saturated carbocycles. The number of Topliss-reactive ketones (excluding diaryl/α,β-unsaturated/α-hetero) is 1. The van der Waals surface area contributed by atoms with Crippen LogP contribution in [0.3, 0.4) is 0 Å². The number of anilines is 1. The van der Waals surface area contributed by atoms with E-state index in [-0.39, 0.29) is 22.8 Å². The number of aliphatic hydroxyl groups excluding tert-OH is 1. The topological polar surface area (TPSA) is 136 Å². The molecule has 1 aliphatic heterocycles. The van der Waals surface area contributed by atoms with Crippen molar-refractivity contribution in [1.29, 1.82) is 0 Å². The smallest absolute Gasteiger partial charge is 0.301 e. The van der Waals surface area contributed by atoms with Crippen molar-refractivity contribution in [1.82, 2.24) is 5.16 Å². The minimum absolute atomic E-state index is 0.0860. The van der Waals surface area contributed by atoms with E-state index in [2.05, 4.69) is 5.16 Å². The number of aliphatic hydroxyl groups is 1. The Labute approximate surface area is 187 Å². The number of carbonyl (C=O) groups excluding carboxylic acids is 2. The molecule has 1 aliphatic rings. The lowest BCUT2D eigenvalue weighted by atomic mass is 9.94. The molecule has 1 aromatic heterocycles. The summed E-state index contributed by atoms with van der Waals surface area (Å²) in [5.41, 5.74) is 1.09. The highest BCUT2D eigenvalue weighted by molar-refractivity contribution is 6.51. The normalized spacial score (nSPS) is 17.4. The van der Waals surface area contributed by atoms with E-state index in [1.54, 1.807) is 32.0 Å². The number of amides is 1. The summed E-state index contributed by atoms with van der Waals surface area (Å²) in [6, 6.07) is 10.7. The van der Waals surface area contributed by atoms with Gasteiger partial charge in [0.25, 0.3) is 11.5 Å². The molecule has 1 unspecified atom stereocenters. The summed E-state index contributed by atoms with van der Waals surface area (Å²) in [5.74, 6) is -1.10. The second-order valence-electron chi connectivity index (χ2n) is 7.50. The summed E-state index contributed by atoms with van der Waals surface area (Å²) in [4.78, 5) is 37.7. The summed E-state index contributed by atoms with van der Waals surface area (Å²) in [6.45, 7) is 3.41. The maximum atomic E-state index is 13.1. The average Bonchev–Trinajstić information content (AvgIpc) is 3.34. The molecule has 0 radical (unpaired) electrons. The number of aromatic nitrogens is 1. The molecule has 1 saturated heterocycles. The van der Waals surface area contributed by atoms with Gasteiger partial charge in [-0.1, -0.05) is 5.16 Å². The van der Waals surface area contributed by atoms with Crippen LogP contribution < -0.4 is 9.64 Å². The van der Waals surface area contributed by atoms with Crippen molar-refractivity contribution in [3.8, 4) is 5.75 Å². The fourth-order valence-electron chi connectivity index (χ4n) is 3.81. The molecule has 0 spiro atoms. The van der Waals surface area contributed by atoms with Crippen molar-refractivity contribution >= 4 is 29.0 Å². The molecule has 2 aromatic carbocycles. The van der Waals surface area contributed by atoms with Crippen molar-refractivity contribution in [2.75, 3.05) is 12.0 Å². The maximum absolute atomic E-state index is 13.1. The Bertz CT molecular complexity index is 1310. The van der Waals surface area contributed by atoms with Gasteiger partial charge < -0.3 is 14.4 Å². The first-order valence-corrected chi connectivity index (χ1v) is 9.86. The zero-order chi connectivity index (χ0) is 23.9. The van der Waals surface area contributed by atoms with Crippen molar-refractivity contribution in [3.05, 3.63) is 86.7 Å². The number of aryl methyl sites for hydroxylation is 2. The van der Waals surface area contributed by atoms with Crippen LogP contribution in [0.4, 0.5) is 11.5 Å². The number of nitrogens with zero attached hydrogens (tertiary/aromatic N) is 3. The van der Waals surface area contributed by atoms with Crippen LogP contribution in [0.2, 0.25) is 0 Å². The van der Waals surface area contributed by atoms with Crippen molar-refractivity contribution < 1.29 is 28.9 Å². The number of ketones is 1. The second-order valence-corrected chi connectivity index (χ2v) is 7.50. The zero-order valence-corrected chi connectivity index (χ0v) is 17.9. The minimum atomic E-state index is -1.07. The van der Waals surface area contributed by atoms with Crippen LogP contribution in [0.15, 0.2) is 58.6 Å². The lowest BCUT2D eigenvalue weighted by Crippen LogP contribution is -2.29. The molecule has 1 amide bonds. The van der Waals surface area contributed by atoms with Crippen LogP contribution in [0, 0.1) is 24.0 Å². The molecule has 4 rings (SSSR count). The lowest BCUT2D eigenvalue weighted by Gasteiger charge is -2.22. The Morgan fingerprint density at radius 3 is 2.39 bits per heavy atom. The fraction of sp³-hybridized carbons (Fsp3) is 0.174. The first kappa shape index (κ1) is 21.8. The first-order valence-electron chi connectivity index (χ1n) is 9.86. The number of nitro benzene ring substituents is 1. The molecule has 168 valence electrons. The highest BCUT2D eigenvalue weighted by Crippen LogP contribution is 2.42. The molecule has 2 heterocycles. The molecular formula is C23H19N3O7. The number of hydrogen-bond acceptors (Lipinski definition) is 8. The number of carbonyl (C=O) groups is 2. The summed E-state index contributed by atoms with van der Waals surface area (Å²) in [6.07, 6.45) is 0. The van der Waals surface area contributed by atoms with Crippen LogP contribution in [-0.4, -0.2) is 34.0 Å². The number of benzene rings is 2. The Morgan fingerprint density at radius 1 is 1.15 bits per heavy atom. The van der Waals surface area contributed by atoms with Gasteiger partial charge in [-0.05, 0) is 55.3 Å². The van der Waals surface area contributed by atoms with Crippen LogP contribution >= 0.6 is 0 Å². The van der Waals surface area contributed by atoms with Crippen LogP contribution in [0.25, 0.3) is 5.76 Å². The summed E-state index contributed by atoms with van der Waals surface area (Å²) < 4.78 is 10.3. The molecular weight excluding hydrogens is 430 g/mol. The summed E-state index contributed by atoms with van der Waals surface area (Å²) >= 11 is 0. The van der Waals surface area contributed by atoms with Gasteiger partial charge in [0.05, 0.1) is 23.6 Å². The van der Waals surface area contributed by atoms with Crippen molar-refractivity contribution in [2.45, 2.75) is 19.9 Å². The molecule has 1 N–H and O–H groups in total. The Balaban J connectivity index is 1.92. The molecule has 1 atom stereocenters. The van der Waals surface area contributed by atoms with Gasteiger partial charge in [0, 0.05) is 23.8 Å². The second kappa shape index (κ2) is 8.23. The highest BCUT2D eigenvalue weighted by atomic mass is 16.6. The third kappa shape index (κ3) is 3.71. The number of nitro groups is 1. The van der Waals surface area contributed by atoms with E-state index in [9.17, 15) is 24.8 Å². The SMILES string of the molecule is COc1ccc(/C(O)=C2/C(=O)C(=O)N(c3cc(C)on3)C2c2ccc([N+](=O)[O-])cc2)cc1C. The van der Waals surface area contributed by atoms with E-state index in [0.29, 0.717) is 22.6 Å². The number of ether oxygens (including phenoxy) is 1. The molecule has 1 fully saturated rings. The number of rotatable bonds is 5. The van der Waals surface area contributed by atoms with Gasteiger partial charge >= 0.3 is 5.91 Å². The van der Waals surface area contributed by atoms with Crippen LogP contribution in [0.5, 0.6) is 5.75 Å². The summed E-state index contributed by atoms with van der Waals surface area (Å²) in [5, 5.41) is 26.1. The summed E-state index contributed by atoms with van der Waals surface area (Å²) in [7, 11) is 1.52. The van der Waals surface area contributed by atoms with Gasteiger partial charge in [-0.25, -0.2) is 0 Å². The zero-order valence-electron chi connectivity index (χ0n) is 17.9. The Morgan fingerprint density at radius 2 is 1.85 bits per heavy atom. The van der Waals surface area contributed by atoms with E-state index < -0.39 is 22.7 Å². The van der Waals surface area contributed by atoms with E-state index in [0.717, 1.165) is 10.5 Å². The molecule has 0 aliphatic carbocycles. The average molecular weight is 449 g/mol. The predicted octanol–water partition coefficient (Wildman–Crippen LogP) is 3.83. The van der Waals surface area contributed by atoms with Crippen molar-refractivity contribution in [3.63, 3.8) is 0 Å². The van der Waals surface area contributed by atoms with Gasteiger partial charge in [0.15, 0.2) is 5.82 Å². The molecule has 3 aromatic rings. The number of hydrogen-bond donors (Lipinski definition) is 1. The molecule has 0 bridgehead atoms. The van der Waals surface area contributed by atoms with Crippen LogP contribution in [-0.2, 0) is 9.59 Å². The minimum Gasteiger partial charge on any atom is -0.507 e. The maximum Gasteiger partial charge on any atom is 0.301 e. The Hall–Kier alpha value is -4.47. The fourth-order valence-corrected chi connectivity index (χ4v) is 3.81. The van der Waals surface area contributed by atoms with E-state index in [1.807, 2.05) is 0 Å². The monoisotopic (exact) mass is 449 g/mol. The van der Waals surface area contributed by atoms with Gasteiger partial charge in [-0.2, -0.15) is 0 Å². The van der Waals surface area contributed by atoms with Gasteiger partial charge in [0.1, 0.15) is 17.3 Å². The molecule has 10 heteroatoms. The van der Waals surface area contributed by atoms with Gasteiger partial charge in [-0.15, -0.1) is 0 Å². The molecule has 33 heavy (non-hydrogen) atoms. The number of non-ortho nitro benzene ring substituents is 1. The van der Waals surface area contributed by atoms with Gasteiger partial charge in [-0.3, -0.25) is 24.6 Å². The van der Waals surface area contributed by atoms with E-state index in [4.69, 9.17) is 9.26 Å². The quantitative estimate of drug-likeness (QED) is 0.204. The van der Waals surface area contributed by atoms with Crippen molar-refractivity contribution in [2.24, 2.45) is 0 Å². The molecule has 10 nitrogen and oxygen atoms in total. The lowest BCUT2D eigenvalue weighted by molar-refractivity contribution is -0.384. The largest absolute Gasteiger partial charge is 0.507 e. The highest BCUT2D eigenvalue weighted by Gasteiger charge is 2.48. The Kier molecular flexibility index (Phi) is 5.42. The van der Waals surface area contributed by atoms with E-state index in [1.165, 1.54) is 37.4 Å². The van der Waals surface area contributed by atoms with Crippen LogP contribution in [0.1, 0.15) is 28.5 Å². The third-order valence-electron chi connectivity index (χ3n) is 5.39.